The minimum Gasteiger partial charge on any atom is -0.491 e. The van der Waals surface area contributed by atoms with Crippen molar-refractivity contribution in [1.82, 2.24) is 0 Å². The third-order valence-electron chi connectivity index (χ3n) is 3.33. The molecule has 2 aromatic carbocycles. The summed E-state index contributed by atoms with van der Waals surface area (Å²) in [4.78, 5) is 0. The first kappa shape index (κ1) is 15.4. The van der Waals surface area contributed by atoms with Crippen LogP contribution >= 0.6 is 0 Å². The van der Waals surface area contributed by atoms with Gasteiger partial charge >= 0.3 is 0 Å². The van der Waals surface area contributed by atoms with Gasteiger partial charge in [0.1, 0.15) is 18.5 Å². The van der Waals surface area contributed by atoms with E-state index in [1.807, 2.05) is 51.1 Å². The fourth-order valence-electron chi connectivity index (χ4n) is 2.10. The number of anilines is 1. The lowest BCUT2D eigenvalue weighted by Gasteiger charge is -2.15. The van der Waals surface area contributed by atoms with Crippen molar-refractivity contribution in [2.75, 3.05) is 18.5 Å². The van der Waals surface area contributed by atoms with E-state index in [9.17, 15) is 5.11 Å². The molecule has 1 atom stereocenters. The molecule has 0 aliphatic heterocycles. The van der Waals surface area contributed by atoms with E-state index < -0.39 is 6.10 Å². The van der Waals surface area contributed by atoms with Crippen molar-refractivity contribution in [2.24, 2.45) is 0 Å². The van der Waals surface area contributed by atoms with Crippen LogP contribution in [0.4, 0.5) is 5.69 Å². The molecule has 0 spiro atoms. The molecule has 3 nitrogen and oxygen atoms in total. The summed E-state index contributed by atoms with van der Waals surface area (Å²) in [5.74, 6) is 0.838. The molecule has 0 fully saturated rings. The first-order valence-electron chi connectivity index (χ1n) is 7.23. The molecule has 2 rings (SSSR count). The van der Waals surface area contributed by atoms with E-state index in [2.05, 4.69) is 17.4 Å². The van der Waals surface area contributed by atoms with Gasteiger partial charge in [-0.25, -0.2) is 0 Å². The summed E-state index contributed by atoms with van der Waals surface area (Å²) in [6.07, 6.45) is -0.551. The van der Waals surface area contributed by atoms with Gasteiger partial charge in [-0.1, -0.05) is 24.3 Å². The van der Waals surface area contributed by atoms with E-state index in [0.29, 0.717) is 6.54 Å². The first-order chi connectivity index (χ1) is 10.0. The van der Waals surface area contributed by atoms with Gasteiger partial charge in [0.25, 0.3) is 0 Å². The molecule has 2 N–H and O–H groups in total. The molecule has 0 saturated heterocycles. The Kier molecular flexibility index (Phi) is 5.23. The number of hydrogen-bond acceptors (Lipinski definition) is 3. The summed E-state index contributed by atoms with van der Waals surface area (Å²) >= 11 is 0. The Morgan fingerprint density at radius 2 is 1.81 bits per heavy atom. The standard InChI is InChI=1S/C18H23NO2/c1-13-5-4-6-16(9-13)19-11-17(20)12-21-18-10-14(2)7-8-15(18)3/h4-10,17,19-20H,11-12H2,1-3H3. The third-order valence-corrected chi connectivity index (χ3v) is 3.33. The van der Waals surface area contributed by atoms with Crippen molar-refractivity contribution >= 4 is 5.69 Å². The van der Waals surface area contributed by atoms with Crippen LogP contribution in [0.3, 0.4) is 0 Å². The minimum atomic E-state index is -0.551. The van der Waals surface area contributed by atoms with Gasteiger partial charge in [-0.05, 0) is 55.7 Å². The number of benzene rings is 2. The van der Waals surface area contributed by atoms with Gasteiger partial charge in [0.2, 0.25) is 0 Å². The lowest BCUT2D eigenvalue weighted by Crippen LogP contribution is -2.26. The maximum atomic E-state index is 10.0. The monoisotopic (exact) mass is 285 g/mol. The summed E-state index contributed by atoms with van der Waals surface area (Å²) in [6.45, 7) is 6.83. The third kappa shape index (κ3) is 4.80. The Morgan fingerprint density at radius 3 is 2.57 bits per heavy atom. The maximum absolute atomic E-state index is 10.0. The molecule has 3 heteroatoms. The smallest absolute Gasteiger partial charge is 0.122 e. The highest BCUT2D eigenvalue weighted by Gasteiger charge is 2.07. The van der Waals surface area contributed by atoms with E-state index in [0.717, 1.165) is 22.6 Å². The molecule has 2 aromatic rings. The Hall–Kier alpha value is -2.00. The summed E-state index contributed by atoms with van der Waals surface area (Å²) in [5.41, 5.74) is 4.45. The highest BCUT2D eigenvalue weighted by molar-refractivity contribution is 5.45. The molecule has 21 heavy (non-hydrogen) atoms. The average molecular weight is 285 g/mol. The van der Waals surface area contributed by atoms with Crippen molar-refractivity contribution in [1.29, 1.82) is 0 Å². The van der Waals surface area contributed by atoms with Crippen molar-refractivity contribution in [3.63, 3.8) is 0 Å². The fraction of sp³-hybridized carbons (Fsp3) is 0.333. The Morgan fingerprint density at radius 1 is 1.05 bits per heavy atom. The van der Waals surface area contributed by atoms with E-state index in [1.54, 1.807) is 0 Å². The van der Waals surface area contributed by atoms with Crippen molar-refractivity contribution in [3.05, 3.63) is 59.2 Å². The second-order valence-corrected chi connectivity index (χ2v) is 5.48. The SMILES string of the molecule is Cc1cccc(NCC(O)COc2cc(C)ccc2C)c1. The molecule has 1 unspecified atom stereocenters. The normalized spacial score (nSPS) is 12.0. The van der Waals surface area contributed by atoms with E-state index >= 15 is 0 Å². The maximum Gasteiger partial charge on any atom is 0.122 e. The van der Waals surface area contributed by atoms with Gasteiger partial charge in [-0.3, -0.25) is 0 Å². The zero-order valence-corrected chi connectivity index (χ0v) is 12.9. The topological polar surface area (TPSA) is 41.5 Å². The average Bonchev–Trinajstić information content (AvgIpc) is 2.46. The van der Waals surface area contributed by atoms with Gasteiger partial charge in [-0.2, -0.15) is 0 Å². The quantitative estimate of drug-likeness (QED) is 0.854. The van der Waals surface area contributed by atoms with Crippen LogP contribution < -0.4 is 10.1 Å². The fourth-order valence-corrected chi connectivity index (χ4v) is 2.10. The molecule has 0 aliphatic rings. The van der Waals surface area contributed by atoms with E-state index in [4.69, 9.17) is 4.74 Å². The molecule has 0 aromatic heterocycles. The number of aliphatic hydroxyl groups is 1. The van der Waals surface area contributed by atoms with E-state index in [-0.39, 0.29) is 6.61 Å². The lowest BCUT2D eigenvalue weighted by molar-refractivity contribution is 0.117. The second-order valence-electron chi connectivity index (χ2n) is 5.48. The van der Waals surface area contributed by atoms with Gasteiger partial charge in [0, 0.05) is 12.2 Å². The molecular weight excluding hydrogens is 262 g/mol. The first-order valence-corrected chi connectivity index (χ1v) is 7.23. The zero-order chi connectivity index (χ0) is 15.2. The summed E-state index contributed by atoms with van der Waals surface area (Å²) in [5, 5.41) is 13.2. The van der Waals surface area contributed by atoms with Gasteiger partial charge in [-0.15, -0.1) is 0 Å². The number of aryl methyl sites for hydroxylation is 3. The molecule has 0 bridgehead atoms. The highest BCUT2D eigenvalue weighted by atomic mass is 16.5. The summed E-state index contributed by atoms with van der Waals surface area (Å²) < 4.78 is 5.70. The van der Waals surface area contributed by atoms with Gasteiger partial charge in [0.15, 0.2) is 0 Å². The molecule has 0 saturated carbocycles. The van der Waals surface area contributed by atoms with Crippen LogP contribution in [0.2, 0.25) is 0 Å². The highest BCUT2D eigenvalue weighted by Crippen LogP contribution is 2.19. The Bertz CT molecular complexity index is 596. The van der Waals surface area contributed by atoms with E-state index in [1.165, 1.54) is 5.56 Å². The van der Waals surface area contributed by atoms with Crippen LogP contribution in [0.5, 0.6) is 5.75 Å². The lowest BCUT2D eigenvalue weighted by atomic mass is 10.1. The molecule has 0 radical (unpaired) electrons. The number of nitrogens with one attached hydrogen (secondary N) is 1. The second kappa shape index (κ2) is 7.14. The summed E-state index contributed by atoms with van der Waals surface area (Å²) in [6, 6.07) is 14.2. The number of hydrogen-bond donors (Lipinski definition) is 2. The summed E-state index contributed by atoms with van der Waals surface area (Å²) in [7, 11) is 0. The van der Waals surface area contributed by atoms with Crippen molar-refractivity contribution in [2.45, 2.75) is 26.9 Å². The van der Waals surface area contributed by atoms with Crippen molar-refractivity contribution in [3.8, 4) is 5.75 Å². The molecular formula is C18H23NO2. The molecule has 0 heterocycles. The predicted molar refractivity (Wildman–Crippen MR) is 87.1 cm³/mol. The number of aliphatic hydroxyl groups excluding tert-OH is 1. The number of ether oxygens (including phenoxy) is 1. The van der Waals surface area contributed by atoms with Crippen LogP contribution in [0, 0.1) is 20.8 Å². The molecule has 112 valence electrons. The predicted octanol–water partition coefficient (Wildman–Crippen LogP) is 3.46. The van der Waals surface area contributed by atoms with Crippen LogP contribution in [-0.4, -0.2) is 24.4 Å². The van der Waals surface area contributed by atoms with Crippen LogP contribution in [0.25, 0.3) is 0 Å². The largest absolute Gasteiger partial charge is 0.491 e. The molecule has 0 amide bonds. The van der Waals surface area contributed by atoms with Crippen LogP contribution in [0.1, 0.15) is 16.7 Å². The molecule has 0 aliphatic carbocycles. The number of rotatable bonds is 6. The van der Waals surface area contributed by atoms with Crippen LogP contribution in [-0.2, 0) is 0 Å². The van der Waals surface area contributed by atoms with Gasteiger partial charge in [0.05, 0.1) is 0 Å². The Labute approximate surface area is 126 Å². The van der Waals surface area contributed by atoms with Crippen molar-refractivity contribution < 1.29 is 9.84 Å². The Balaban J connectivity index is 1.82. The zero-order valence-electron chi connectivity index (χ0n) is 12.9. The van der Waals surface area contributed by atoms with Crippen LogP contribution in [0.15, 0.2) is 42.5 Å². The minimum absolute atomic E-state index is 0.281. The van der Waals surface area contributed by atoms with Gasteiger partial charge < -0.3 is 15.2 Å².